The molecule has 0 unspecified atom stereocenters. The predicted molar refractivity (Wildman–Crippen MR) is 123 cm³/mol. The van der Waals surface area contributed by atoms with Gasteiger partial charge >= 0.3 is 6.18 Å². The molecule has 0 radical (unpaired) electrons. The Bertz CT molecular complexity index is 1530. The van der Waals surface area contributed by atoms with E-state index in [1.807, 2.05) is 50.7 Å². The summed E-state index contributed by atoms with van der Waals surface area (Å²) < 4.78 is 41.9. The van der Waals surface area contributed by atoms with Crippen LogP contribution in [-0.2, 0) is 19.8 Å². The van der Waals surface area contributed by atoms with Gasteiger partial charge in [0.05, 0.1) is 16.9 Å². The number of fused-ring (bicyclic) bond motifs is 2. The molecule has 0 atom stereocenters. The number of nitrogens with zero attached hydrogens (tertiary/aromatic N) is 6. The van der Waals surface area contributed by atoms with Crippen molar-refractivity contribution in [3.05, 3.63) is 70.9 Å². The topological polar surface area (TPSA) is 72.9 Å². The molecule has 5 aromatic rings. The zero-order valence-electron chi connectivity index (χ0n) is 19.1. The van der Waals surface area contributed by atoms with E-state index < -0.39 is 11.9 Å². The third-order valence-electron chi connectivity index (χ3n) is 5.80. The lowest BCUT2D eigenvalue weighted by Gasteiger charge is -2.11. The molecular formula is C24H22F3N7. The lowest BCUT2D eigenvalue weighted by molar-refractivity contribution is -0.141. The van der Waals surface area contributed by atoms with E-state index in [1.165, 1.54) is 12.3 Å². The van der Waals surface area contributed by atoms with Crippen LogP contribution >= 0.6 is 0 Å². The van der Waals surface area contributed by atoms with Crippen LogP contribution in [0.4, 0.5) is 19.0 Å². The zero-order chi connectivity index (χ0) is 24.2. The first-order chi connectivity index (χ1) is 16.1. The van der Waals surface area contributed by atoms with E-state index in [2.05, 4.69) is 21.5 Å². The van der Waals surface area contributed by atoms with Gasteiger partial charge in [-0.1, -0.05) is 12.1 Å². The molecule has 10 heteroatoms. The molecule has 0 fully saturated rings. The van der Waals surface area contributed by atoms with Crippen molar-refractivity contribution in [3.8, 4) is 11.1 Å². The maximum Gasteiger partial charge on any atom is 0.433 e. The molecule has 174 valence electrons. The number of nitrogens with one attached hydrogen (secondary N) is 1. The second-order valence-electron chi connectivity index (χ2n) is 8.32. The number of aromatic nitrogens is 6. The summed E-state index contributed by atoms with van der Waals surface area (Å²) in [6, 6.07) is 10.4. The molecule has 0 saturated carbocycles. The largest absolute Gasteiger partial charge is 0.433 e. The standard InChI is InChI=1S/C24H22F3N7/c1-13-9-21(29-12-16-5-8-20(28-11-16)24(25,26)27)34-23(30-13)22(15(3)32-34)17-6-7-19-18(10-17)14(2)31-33(19)4/h5-11,29H,12H2,1-4H3. The molecule has 4 heterocycles. The van der Waals surface area contributed by atoms with Gasteiger partial charge in [-0.3, -0.25) is 9.67 Å². The van der Waals surface area contributed by atoms with Crippen LogP contribution in [0, 0.1) is 20.8 Å². The van der Waals surface area contributed by atoms with Crippen LogP contribution in [0.1, 0.15) is 28.3 Å². The van der Waals surface area contributed by atoms with Crippen molar-refractivity contribution in [3.63, 3.8) is 0 Å². The number of hydrogen-bond donors (Lipinski definition) is 1. The maximum atomic E-state index is 12.8. The highest BCUT2D eigenvalue weighted by Crippen LogP contribution is 2.32. The fourth-order valence-corrected chi connectivity index (χ4v) is 4.19. The molecule has 1 N–H and O–H groups in total. The minimum Gasteiger partial charge on any atom is -0.366 e. The first-order valence-corrected chi connectivity index (χ1v) is 10.7. The summed E-state index contributed by atoms with van der Waals surface area (Å²) >= 11 is 0. The Morgan fingerprint density at radius 3 is 2.47 bits per heavy atom. The second-order valence-corrected chi connectivity index (χ2v) is 8.32. The monoisotopic (exact) mass is 465 g/mol. The average molecular weight is 465 g/mol. The highest BCUT2D eigenvalue weighted by molar-refractivity contribution is 5.90. The van der Waals surface area contributed by atoms with Gasteiger partial charge in [0.15, 0.2) is 5.65 Å². The van der Waals surface area contributed by atoms with E-state index in [1.54, 1.807) is 4.52 Å². The molecular weight excluding hydrogens is 443 g/mol. The van der Waals surface area contributed by atoms with E-state index in [0.29, 0.717) is 23.6 Å². The minimum absolute atomic E-state index is 0.290. The van der Waals surface area contributed by atoms with Crippen LogP contribution in [0.5, 0.6) is 0 Å². The fraction of sp³-hybridized carbons (Fsp3) is 0.250. The number of aryl methyl sites for hydroxylation is 4. The molecule has 5 rings (SSSR count). The predicted octanol–water partition coefficient (Wildman–Crippen LogP) is 5.23. The van der Waals surface area contributed by atoms with Gasteiger partial charge in [-0.2, -0.15) is 27.9 Å². The van der Waals surface area contributed by atoms with Crippen LogP contribution in [0.2, 0.25) is 0 Å². The molecule has 1 aromatic carbocycles. The minimum atomic E-state index is -4.46. The number of benzene rings is 1. The highest BCUT2D eigenvalue weighted by Gasteiger charge is 2.32. The number of rotatable bonds is 4. The summed E-state index contributed by atoms with van der Waals surface area (Å²) in [7, 11) is 1.92. The molecule has 0 aliphatic carbocycles. The number of hydrogen-bond acceptors (Lipinski definition) is 5. The van der Waals surface area contributed by atoms with Crippen molar-refractivity contribution < 1.29 is 13.2 Å². The summed E-state index contributed by atoms with van der Waals surface area (Å²) in [4.78, 5) is 8.26. The molecule has 0 amide bonds. The van der Waals surface area contributed by atoms with Crippen LogP contribution in [-0.4, -0.2) is 29.4 Å². The van der Waals surface area contributed by atoms with Gasteiger partial charge in [0.25, 0.3) is 0 Å². The third-order valence-corrected chi connectivity index (χ3v) is 5.80. The van der Waals surface area contributed by atoms with E-state index in [-0.39, 0.29) is 0 Å². The van der Waals surface area contributed by atoms with Crippen LogP contribution in [0.15, 0.2) is 42.6 Å². The summed E-state index contributed by atoms with van der Waals surface area (Å²) in [5.41, 5.74) is 5.94. The molecule has 0 saturated heterocycles. The lowest BCUT2D eigenvalue weighted by Crippen LogP contribution is -2.10. The van der Waals surface area contributed by atoms with E-state index in [0.717, 1.165) is 45.2 Å². The van der Waals surface area contributed by atoms with Gasteiger partial charge in [0, 0.05) is 42.5 Å². The highest BCUT2D eigenvalue weighted by atomic mass is 19.4. The van der Waals surface area contributed by atoms with Gasteiger partial charge in [-0.25, -0.2) is 4.98 Å². The number of halogens is 3. The quantitative estimate of drug-likeness (QED) is 0.393. The summed E-state index contributed by atoms with van der Waals surface area (Å²) in [6.45, 7) is 6.10. The van der Waals surface area contributed by atoms with Crippen LogP contribution < -0.4 is 5.32 Å². The van der Waals surface area contributed by atoms with Gasteiger partial charge in [-0.15, -0.1) is 0 Å². The normalized spacial score (nSPS) is 12.1. The van der Waals surface area contributed by atoms with Crippen molar-refractivity contribution in [1.29, 1.82) is 0 Å². The molecule has 4 aromatic heterocycles. The first kappa shape index (κ1) is 21.9. The zero-order valence-corrected chi connectivity index (χ0v) is 19.1. The van der Waals surface area contributed by atoms with Gasteiger partial charge in [0.1, 0.15) is 11.5 Å². The molecule has 7 nitrogen and oxygen atoms in total. The molecule has 34 heavy (non-hydrogen) atoms. The lowest BCUT2D eigenvalue weighted by atomic mass is 10.0. The maximum absolute atomic E-state index is 12.8. The number of pyridine rings is 1. The van der Waals surface area contributed by atoms with E-state index >= 15 is 0 Å². The smallest absolute Gasteiger partial charge is 0.366 e. The Morgan fingerprint density at radius 2 is 1.76 bits per heavy atom. The van der Waals surface area contributed by atoms with Crippen molar-refractivity contribution in [1.82, 2.24) is 29.4 Å². The average Bonchev–Trinajstić information content (AvgIpc) is 3.26. The van der Waals surface area contributed by atoms with Gasteiger partial charge in [-0.05, 0) is 50.1 Å². The number of anilines is 1. The Labute approximate surface area is 193 Å². The van der Waals surface area contributed by atoms with Crippen LogP contribution in [0.25, 0.3) is 27.7 Å². The van der Waals surface area contributed by atoms with E-state index in [4.69, 9.17) is 10.1 Å². The molecule has 0 bridgehead atoms. The third kappa shape index (κ3) is 3.74. The Hall–Kier alpha value is -3.95. The van der Waals surface area contributed by atoms with Crippen molar-refractivity contribution >= 4 is 22.4 Å². The number of alkyl halides is 3. The van der Waals surface area contributed by atoms with Crippen LogP contribution in [0.3, 0.4) is 0 Å². The molecule has 0 aliphatic heterocycles. The summed E-state index contributed by atoms with van der Waals surface area (Å²) in [6.07, 6.45) is -3.23. The molecule has 0 spiro atoms. The van der Waals surface area contributed by atoms with Gasteiger partial charge < -0.3 is 5.32 Å². The summed E-state index contributed by atoms with van der Waals surface area (Å²) in [5, 5.41) is 13.5. The fourth-order valence-electron chi connectivity index (χ4n) is 4.19. The van der Waals surface area contributed by atoms with E-state index in [9.17, 15) is 13.2 Å². The van der Waals surface area contributed by atoms with Crippen molar-refractivity contribution in [2.75, 3.05) is 5.32 Å². The SMILES string of the molecule is Cc1cc(NCc2ccc(C(F)(F)F)nc2)n2nc(C)c(-c3ccc4c(c3)c(C)nn4C)c2n1. The Kier molecular flexibility index (Phi) is 5.03. The summed E-state index contributed by atoms with van der Waals surface area (Å²) in [5.74, 6) is 0.690. The van der Waals surface area contributed by atoms with Crippen molar-refractivity contribution in [2.24, 2.45) is 7.05 Å². The Morgan fingerprint density at radius 1 is 0.971 bits per heavy atom. The second kappa shape index (κ2) is 7.82. The molecule has 0 aliphatic rings. The van der Waals surface area contributed by atoms with Crippen molar-refractivity contribution in [2.45, 2.75) is 33.5 Å². The van der Waals surface area contributed by atoms with Gasteiger partial charge in [0.2, 0.25) is 0 Å². The Balaban J connectivity index is 1.52. The first-order valence-electron chi connectivity index (χ1n) is 10.7.